The van der Waals surface area contributed by atoms with Crippen LogP contribution < -0.4 is 5.32 Å². The van der Waals surface area contributed by atoms with Crippen LogP contribution in [-0.4, -0.2) is 35.8 Å². The summed E-state index contributed by atoms with van der Waals surface area (Å²) in [5, 5.41) is 3.61. The second kappa shape index (κ2) is 6.57. The Bertz CT molecular complexity index is 982. The Labute approximate surface area is 148 Å². The second-order valence-corrected chi connectivity index (χ2v) is 6.17. The van der Waals surface area contributed by atoms with Crippen molar-refractivity contribution < 1.29 is 14.0 Å². The summed E-state index contributed by atoms with van der Waals surface area (Å²) in [6, 6.07) is 10.5. The minimum Gasteiger partial charge on any atom is -0.351 e. The van der Waals surface area contributed by atoms with Crippen LogP contribution in [0.5, 0.6) is 0 Å². The molecule has 0 aliphatic carbocycles. The van der Waals surface area contributed by atoms with Crippen molar-refractivity contribution in [2.45, 2.75) is 0 Å². The zero-order chi connectivity index (χ0) is 18.1. The monoisotopic (exact) mass is 359 g/mol. The van der Waals surface area contributed by atoms with Gasteiger partial charge in [0.05, 0.1) is 10.6 Å². The molecule has 2 amide bonds. The number of benzene rings is 2. The van der Waals surface area contributed by atoms with E-state index in [9.17, 15) is 14.0 Å². The lowest BCUT2D eigenvalue weighted by molar-refractivity contribution is 0.0827. The number of carbonyl (C=O) groups is 2. The van der Waals surface area contributed by atoms with Gasteiger partial charge in [-0.2, -0.15) is 0 Å². The van der Waals surface area contributed by atoms with Gasteiger partial charge in [0.2, 0.25) is 0 Å². The molecule has 1 aromatic heterocycles. The number of aromatic nitrogens is 1. The average Bonchev–Trinajstić information content (AvgIpc) is 2.99. The first-order valence-corrected chi connectivity index (χ1v) is 7.84. The zero-order valence-corrected chi connectivity index (χ0v) is 14.3. The van der Waals surface area contributed by atoms with Crippen molar-refractivity contribution in [3.05, 3.63) is 64.6 Å². The molecule has 2 aromatic carbocycles. The number of fused-ring (bicyclic) bond motifs is 1. The summed E-state index contributed by atoms with van der Waals surface area (Å²) in [4.78, 5) is 28.8. The number of hydrogen-bond donors (Lipinski definition) is 2. The number of halogens is 2. The van der Waals surface area contributed by atoms with Crippen LogP contribution in [0.4, 0.5) is 10.1 Å². The minimum absolute atomic E-state index is 0.262. The summed E-state index contributed by atoms with van der Waals surface area (Å²) in [6.45, 7) is 0. The summed E-state index contributed by atoms with van der Waals surface area (Å²) in [5.41, 5.74) is 1.68. The largest absolute Gasteiger partial charge is 0.351 e. The number of rotatable bonds is 3. The predicted octanol–water partition coefficient (Wildman–Crippen LogP) is 3.91. The summed E-state index contributed by atoms with van der Waals surface area (Å²) >= 11 is 6.06. The maximum atomic E-state index is 13.3. The topological polar surface area (TPSA) is 65.2 Å². The van der Waals surface area contributed by atoms with Gasteiger partial charge in [-0.3, -0.25) is 9.59 Å². The smallest absolute Gasteiger partial charge is 0.272 e. The fraction of sp³-hybridized carbons (Fsp3) is 0.111. The molecule has 0 aliphatic heterocycles. The van der Waals surface area contributed by atoms with E-state index < -0.39 is 5.91 Å². The number of hydrogen-bond acceptors (Lipinski definition) is 2. The van der Waals surface area contributed by atoms with Crippen LogP contribution >= 0.6 is 11.6 Å². The van der Waals surface area contributed by atoms with Crippen LogP contribution in [0.15, 0.2) is 42.5 Å². The number of nitrogens with one attached hydrogen (secondary N) is 2. The molecule has 5 nitrogen and oxygen atoms in total. The van der Waals surface area contributed by atoms with Crippen molar-refractivity contribution in [3.8, 4) is 0 Å². The number of carbonyl (C=O) groups excluding carboxylic acids is 2. The van der Waals surface area contributed by atoms with Crippen molar-refractivity contribution >= 4 is 40.0 Å². The third-order valence-corrected chi connectivity index (χ3v) is 4.02. The van der Waals surface area contributed by atoms with Gasteiger partial charge in [0.1, 0.15) is 11.5 Å². The number of amides is 2. The van der Waals surface area contributed by atoms with E-state index in [0.29, 0.717) is 27.2 Å². The molecule has 25 heavy (non-hydrogen) atoms. The number of anilines is 1. The molecule has 0 fully saturated rings. The first-order valence-electron chi connectivity index (χ1n) is 7.46. The van der Waals surface area contributed by atoms with Crippen molar-refractivity contribution in [3.63, 3.8) is 0 Å². The van der Waals surface area contributed by atoms with Crippen LogP contribution in [0, 0.1) is 5.82 Å². The van der Waals surface area contributed by atoms with Crippen molar-refractivity contribution in [2.75, 3.05) is 19.4 Å². The van der Waals surface area contributed by atoms with Crippen LogP contribution in [0.25, 0.3) is 10.9 Å². The number of aromatic amines is 1. The molecule has 1 heterocycles. The maximum absolute atomic E-state index is 13.3. The first-order chi connectivity index (χ1) is 11.8. The van der Waals surface area contributed by atoms with Crippen molar-refractivity contribution in [1.29, 1.82) is 0 Å². The van der Waals surface area contributed by atoms with Gasteiger partial charge in [-0.15, -0.1) is 0 Å². The summed E-state index contributed by atoms with van der Waals surface area (Å²) < 4.78 is 13.3. The lowest BCUT2D eigenvalue weighted by atomic mass is 10.1. The Hall–Kier alpha value is -2.86. The number of H-pyrrole nitrogens is 1. The van der Waals surface area contributed by atoms with Gasteiger partial charge in [0, 0.05) is 30.7 Å². The molecule has 0 saturated carbocycles. The standard InChI is InChI=1S/C18H15ClFN3O2/c1-23(2)18(25)13-9-12(4-5-14(13)19)21-17(24)16-8-10-7-11(20)3-6-15(10)22-16/h3-9,22H,1-2H3,(H,21,24). The molecule has 0 atom stereocenters. The van der Waals surface area contributed by atoms with E-state index in [1.54, 1.807) is 38.4 Å². The van der Waals surface area contributed by atoms with E-state index in [1.165, 1.54) is 23.1 Å². The first kappa shape index (κ1) is 17.0. The highest BCUT2D eigenvalue weighted by Gasteiger charge is 2.15. The molecule has 0 aliphatic rings. The maximum Gasteiger partial charge on any atom is 0.272 e. The lowest BCUT2D eigenvalue weighted by Gasteiger charge is -2.13. The molecule has 3 rings (SSSR count). The molecular formula is C18H15ClFN3O2. The highest BCUT2D eigenvalue weighted by Crippen LogP contribution is 2.23. The Morgan fingerprint density at radius 2 is 1.88 bits per heavy atom. The third kappa shape index (κ3) is 3.49. The normalized spacial score (nSPS) is 10.7. The molecular weight excluding hydrogens is 345 g/mol. The molecule has 0 unspecified atom stereocenters. The van der Waals surface area contributed by atoms with E-state index in [1.807, 2.05) is 0 Å². The Morgan fingerprint density at radius 3 is 2.60 bits per heavy atom. The molecule has 7 heteroatoms. The van der Waals surface area contributed by atoms with E-state index in [-0.39, 0.29) is 17.4 Å². The Morgan fingerprint density at radius 1 is 1.12 bits per heavy atom. The third-order valence-electron chi connectivity index (χ3n) is 3.69. The summed E-state index contributed by atoms with van der Waals surface area (Å²) in [5.74, 6) is -1.03. The fourth-order valence-corrected chi connectivity index (χ4v) is 2.63. The van der Waals surface area contributed by atoms with Crippen LogP contribution in [0.1, 0.15) is 20.8 Å². The van der Waals surface area contributed by atoms with Gasteiger partial charge in [0.15, 0.2) is 0 Å². The van der Waals surface area contributed by atoms with E-state index >= 15 is 0 Å². The lowest BCUT2D eigenvalue weighted by Crippen LogP contribution is -2.22. The molecule has 0 radical (unpaired) electrons. The van der Waals surface area contributed by atoms with Crippen LogP contribution in [0.2, 0.25) is 5.02 Å². The van der Waals surface area contributed by atoms with Gasteiger partial charge in [-0.1, -0.05) is 11.6 Å². The quantitative estimate of drug-likeness (QED) is 0.744. The molecule has 128 valence electrons. The number of nitrogens with zero attached hydrogens (tertiary/aromatic N) is 1. The van der Waals surface area contributed by atoms with Gasteiger partial charge in [-0.25, -0.2) is 4.39 Å². The highest BCUT2D eigenvalue weighted by molar-refractivity contribution is 6.34. The summed E-state index contributed by atoms with van der Waals surface area (Å²) in [6.07, 6.45) is 0. The summed E-state index contributed by atoms with van der Waals surface area (Å²) in [7, 11) is 3.24. The van der Waals surface area contributed by atoms with E-state index in [4.69, 9.17) is 11.6 Å². The Balaban J connectivity index is 1.87. The zero-order valence-electron chi connectivity index (χ0n) is 13.6. The minimum atomic E-state index is -0.401. The fourth-order valence-electron chi connectivity index (χ4n) is 2.43. The van der Waals surface area contributed by atoms with Crippen molar-refractivity contribution in [1.82, 2.24) is 9.88 Å². The van der Waals surface area contributed by atoms with Gasteiger partial charge >= 0.3 is 0 Å². The molecule has 3 aromatic rings. The molecule has 0 bridgehead atoms. The van der Waals surface area contributed by atoms with Crippen molar-refractivity contribution in [2.24, 2.45) is 0 Å². The average molecular weight is 360 g/mol. The van der Waals surface area contributed by atoms with E-state index in [2.05, 4.69) is 10.3 Å². The molecule has 0 saturated heterocycles. The predicted molar refractivity (Wildman–Crippen MR) is 95.7 cm³/mol. The van der Waals surface area contributed by atoms with Gasteiger partial charge < -0.3 is 15.2 Å². The van der Waals surface area contributed by atoms with Crippen LogP contribution in [0.3, 0.4) is 0 Å². The van der Waals surface area contributed by atoms with Gasteiger partial charge in [-0.05, 0) is 42.5 Å². The van der Waals surface area contributed by atoms with Crippen LogP contribution in [-0.2, 0) is 0 Å². The highest BCUT2D eigenvalue weighted by atomic mass is 35.5. The Kier molecular flexibility index (Phi) is 4.46. The molecule has 0 spiro atoms. The SMILES string of the molecule is CN(C)C(=O)c1cc(NC(=O)c2cc3cc(F)ccc3[nH]2)ccc1Cl. The second-order valence-electron chi connectivity index (χ2n) is 5.76. The van der Waals surface area contributed by atoms with E-state index in [0.717, 1.165) is 0 Å². The molecule has 2 N–H and O–H groups in total. The van der Waals surface area contributed by atoms with Gasteiger partial charge in [0.25, 0.3) is 11.8 Å².